The van der Waals surface area contributed by atoms with Crippen LogP contribution in [0.4, 0.5) is 17.6 Å². The van der Waals surface area contributed by atoms with Crippen molar-refractivity contribution in [2.24, 2.45) is 0 Å². The Morgan fingerprint density at radius 1 is 1.29 bits per heavy atom. The molecule has 0 aliphatic rings. The van der Waals surface area contributed by atoms with Crippen molar-refractivity contribution in [2.75, 3.05) is 13.3 Å². The maximum absolute atomic E-state index is 13.2. The summed E-state index contributed by atoms with van der Waals surface area (Å²) in [5.41, 5.74) is 0.536. The normalized spacial score (nSPS) is 13.3. The number of hydrogen-bond acceptors (Lipinski definition) is 2. The fourth-order valence-corrected chi connectivity index (χ4v) is 2.16. The first kappa shape index (κ1) is 15.3. The van der Waals surface area contributed by atoms with Crippen LogP contribution in [0.15, 0.2) is 30.5 Å². The maximum Gasteiger partial charge on any atom is 0.396 e. The molecule has 1 aromatic heterocycles. The number of H-pyrrole nitrogens is 1. The summed E-state index contributed by atoms with van der Waals surface area (Å²) in [6, 6.07) is 6.51. The molecular formula is C14H13F4NO2. The average Bonchev–Trinajstić information content (AvgIpc) is 2.85. The molecule has 0 amide bonds. The van der Waals surface area contributed by atoms with Crippen LogP contribution in [0.2, 0.25) is 0 Å². The number of halogens is 4. The Morgan fingerprint density at radius 2 is 2.00 bits per heavy atom. The molecule has 1 atom stereocenters. The fraction of sp³-hybridized carbons (Fsp3) is 0.357. The van der Waals surface area contributed by atoms with Crippen LogP contribution in [0.1, 0.15) is 17.9 Å². The molecule has 3 nitrogen and oxygen atoms in total. The summed E-state index contributed by atoms with van der Waals surface area (Å²) in [5.74, 6) is -3.05. The van der Waals surface area contributed by atoms with Crippen molar-refractivity contribution in [3.8, 4) is 0 Å². The third kappa shape index (κ3) is 3.53. The first-order chi connectivity index (χ1) is 9.93. The number of carbonyl (C=O) groups excluding carboxylic acids is 1. The van der Waals surface area contributed by atoms with Gasteiger partial charge in [-0.15, -0.1) is 0 Å². The lowest BCUT2D eigenvalue weighted by molar-refractivity contribution is -0.166. The third-order valence-electron chi connectivity index (χ3n) is 3.10. The van der Waals surface area contributed by atoms with E-state index < -0.39 is 37.8 Å². The number of ether oxygens (including phenoxy) is 1. The van der Waals surface area contributed by atoms with E-state index in [0.717, 1.165) is 0 Å². The molecule has 2 aromatic rings. The van der Waals surface area contributed by atoms with Gasteiger partial charge in [-0.1, -0.05) is 18.2 Å². The maximum atomic E-state index is 13.2. The van der Waals surface area contributed by atoms with Gasteiger partial charge < -0.3 is 9.72 Å². The summed E-state index contributed by atoms with van der Waals surface area (Å²) >= 11 is 0. The summed E-state index contributed by atoms with van der Waals surface area (Å²) in [6.07, 6.45) is -4.23. The van der Waals surface area contributed by atoms with E-state index in [0.29, 0.717) is 10.9 Å². The van der Waals surface area contributed by atoms with Crippen LogP contribution >= 0.6 is 0 Å². The standard InChI is InChI=1S/C14H13F4NO2/c15-5-6-21-13(20)7-11(14(16,17)18)10-8-19-12-4-2-1-3-9(10)12/h1-4,8,11,19H,5-7H2/t11-/m1/s1. The molecule has 0 fully saturated rings. The molecular weight excluding hydrogens is 290 g/mol. The van der Waals surface area contributed by atoms with Gasteiger partial charge in [0, 0.05) is 17.1 Å². The second kappa shape index (κ2) is 6.15. The van der Waals surface area contributed by atoms with Crippen LogP contribution in [0.5, 0.6) is 0 Å². The number of para-hydroxylation sites is 1. The number of benzene rings is 1. The Bertz CT molecular complexity index is 621. The minimum atomic E-state index is -4.60. The second-order valence-corrected chi connectivity index (χ2v) is 4.50. The highest BCUT2D eigenvalue weighted by atomic mass is 19.4. The quantitative estimate of drug-likeness (QED) is 0.675. The Hall–Kier alpha value is -2.05. The summed E-state index contributed by atoms with van der Waals surface area (Å²) in [4.78, 5) is 14.1. The van der Waals surface area contributed by atoms with E-state index in [1.165, 1.54) is 6.20 Å². The fourth-order valence-electron chi connectivity index (χ4n) is 2.16. The van der Waals surface area contributed by atoms with Gasteiger partial charge in [-0.05, 0) is 11.6 Å². The van der Waals surface area contributed by atoms with Crippen LogP contribution in [0.25, 0.3) is 10.9 Å². The monoisotopic (exact) mass is 303 g/mol. The highest BCUT2D eigenvalue weighted by Gasteiger charge is 2.43. The minimum Gasteiger partial charge on any atom is -0.463 e. The highest BCUT2D eigenvalue weighted by molar-refractivity contribution is 5.84. The van der Waals surface area contributed by atoms with Gasteiger partial charge in [-0.25, -0.2) is 4.39 Å². The number of fused-ring (bicyclic) bond motifs is 1. The van der Waals surface area contributed by atoms with E-state index in [2.05, 4.69) is 9.72 Å². The Balaban J connectivity index is 2.30. The number of rotatable bonds is 5. The van der Waals surface area contributed by atoms with Crippen LogP contribution in [-0.4, -0.2) is 30.4 Å². The first-order valence-corrected chi connectivity index (χ1v) is 6.27. The van der Waals surface area contributed by atoms with Crippen molar-refractivity contribution >= 4 is 16.9 Å². The number of esters is 1. The van der Waals surface area contributed by atoms with E-state index in [-0.39, 0.29) is 5.56 Å². The molecule has 2 rings (SSSR count). The van der Waals surface area contributed by atoms with Crippen LogP contribution in [0, 0.1) is 0 Å². The average molecular weight is 303 g/mol. The van der Waals surface area contributed by atoms with E-state index in [1.807, 2.05) is 0 Å². The molecule has 7 heteroatoms. The van der Waals surface area contributed by atoms with E-state index >= 15 is 0 Å². The summed E-state index contributed by atoms with van der Waals surface area (Å²) in [7, 11) is 0. The lowest BCUT2D eigenvalue weighted by Crippen LogP contribution is -2.24. The summed E-state index contributed by atoms with van der Waals surface area (Å²) in [6.45, 7) is -1.45. The van der Waals surface area contributed by atoms with Crippen LogP contribution < -0.4 is 0 Å². The van der Waals surface area contributed by atoms with Crippen molar-refractivity contribution in [2.45, 2.75) is 18.5 Å². The zero-order valence-corrected chi connectivity index (χ0v) is 10.9. The number of alkyl halides is 4. The van der Waals surface area contributed by atoms with Gasteiger partial charge in [0.15, 0.2) is 0 Å². The highest BCUT2D eigenvalue weighted by Crippen LogP contribution is 2.40. The lowest BCUT2D eigenvalue weighted by atomic mass is 9.94. The van der Waals surface area contributed by atoms with Gasteiger partial charge in [0.1, 0.15) is 13.3 Å². The molecule has 0 saturated carbocycles. The van der Waals surface area contributed by atoms with Crippen molar-refractivity contribution in [3.63, 3.8) is 0 Å². The third-order valence-corrected chi connectivity index (χ3v) is 3.10. The molecule has 0 spiro atoms. The molecule has 0 aliphatic carbocycles. The topological polar surface area (TPSA) is 42.1 Å². The van der Waals surface area contributed by atoms with Crippen LogP contribution in [-0.2, 0) is 9.53 Å². The molecule has 1 N–H and O–H groups in total. The van der Waals surface area contributed by atoms with Crippen molar-refractivity contribution in [1.29, 1.82) is 0 Å². The smallest absolute Gasteiger partial charge is 0.396 e. The van der Waals surface area contributed by atoms with E-state index in [1.54, 1.807) is 24.3 Å². The molecule has 0 bridgehead atoms. The SMILES string of the molecule is O=C(C[C@H](c1c[nH]c2ccccc12)C(F)(F)F)OCCF. The number of aromatic amines is 1. The van der Waals surface area contributed by atoms with Gasteiger partial charge in [0.05, 0.1) is 12.3 Å². The molecule has 0 radical (unpaired) electrons. The zero-order valence-electron chi connectivity index (χ0n) is 10.9. The number of hydrogen-bond donors (Lipinski definition) is 1. The molecule has 0 aliphatic heterocycles. The predicted octanol–water partition coefficient (Wildman–Crippen LogP) is 3.72. The van der Waals surface area contributed by atoms with E-state index in [4.69, 9.17) is 0 Å². The summed E-state index contributed by atoms with van der Waals surface area (Å²) in [5, 5.41) is 0.401. The molecule has 1 aromatic carbocycles. The molecule has 0 unspecified atom stereocenters. The van der Waals surface area contributed by atoms with E-state index in [9.17, 15) is 22.4 Å². The summed E-state index contributed by atoms with van der Waals surface area (Å²) < 4.78 is 55.9. The van der Waals surface area contributed by atoms with Gasteiger partial charge in [-0.3, -0.25) is 4.79 Å². The second-order valence-electron chi connectivity index (χ2n) is 4.50. The largest absolute Gasteiger partial charge is 0.463 e. The molecule has 21 heavy (non-hydrogen) atoms. The van der Waals surface area contributed by atoms with Crippen molar-refractivity contribution in [1.82, 2.24) is 4.98 Å². The number of aromatic nitrogens is 1. The Labute approximate surface area is 117 Å². The van der Waals surface area contributed by atoms with Gasteiger partial charge in [-0.2, -0.15) is 13.2 Å². The predicted molar refractivity (Wildman–Crippen MR) is 68.6 cm³/mol. The first-order valence-electron chi connectivity index (χ1n) is 6.27. The Morgan fingerprint density at radius 3 is 2.67 bits per heavy atom. The van der Waals surface area contributed by atoms with Gasteiger partial charge in [0.2, 0.25) is 0 Å². The number of carbonyl (C=O) groups is 1. The number of nitrogens with one attached hydrogen (secondary N) is 1. The minimum absolute atomic E-state index is 0.0182. The van der Waals surface area contributed by atoms with Crippen LogP contribution in [0.3, 0.4) is 0 Å². The van der Waals surface area contributed by atoms with Crippen molar-refractivity contribution in [3.05, 3.63) is 36.0 Å². The molecule has 114 valence electrons. The molecule has 1 heterocycles. The zero-order chi connectivity index (χ0) is 15.5. The van der Waals surface area contributed by atoms with Gasteiger partial charge >= 0.3 is 12.1 Å². The van der Waals surface area contributed by atoms with Crippen molar-refractivity contribution < 1.29 is 27.1 Å². The Kier molecular flexibility index (Phi) is 4.50. The lowest BCUT2D eigenvalue weighted by Gasteiger charge is -2.19. The molecule has 0 saturated heterocycles. The van der Waals surface area contributed by atoms with Gasteiger partial charge in [0.25, 0.3) is 0 Å².